The van der Waals surface area contributed by atoms with E-state index < -0.39 is 0 Å². The van der Waals surface area contributed by atoms with Crippen molar-refractivity contribution in [2.24, 2.45) is 0 Å². The molecular formula is C26H32N4O2. The molecule has 0 aliphatic heterocycles. The first-order valence-corrected chi connectivity index (χ1v) is 10.9. The smallest absolute Gasteiger partial charge is 0.244 e. The van der Waals surface area contributed by atoms with Gasteiger partial charge in [0.05, 0.1) is 17.9 Å². The number of hydrogen-bond donors (Lipinski definition) is 2. The minimum Gasteiger partial charge on any atom is -0.347 e. The van der Waals surface area contributed by atoms with E-state index in [1.54, 1.807) is 4.68 Å². The molecule has 3 rings (SSSR count). The summed E-state index contributed by atoms with van der Waals surface area (Å²) in [7, 11) is 0. The zero-order valence-corrected chi connectivity index (χ0v) is 19.5. The lowest BCUT2D eigenvalue weighted by Crippen LogP contribution is -2.33. The maximum absolute atomic E-state index is 12.6. The van der Waals surface area contributed by atoms with Crippen LogP contribution in [0, 0.1) is 13.8 Å². The van der Waals surface area contributed by atoms with Crippen LogP contribution in [-0.4, -0.2) is 28.1 Å². The Labute approximate surface area is 190 Å². The summed E-state index contributed by atoms with van der Waals surface area (Å²) >= 11 is 0. The van der Waals surface area contributed by atoms with Crippen molar-refractivity contribution in [1.29, 1.82) is 0 Å². The molecule has 1 aromatic heterocycles. The molecule has 0 radical (unpaired) electrons. The van der Waals surface area contributed by atoms with Crippen molar-refractivity contribution in [3.63, 3.8) is 0 Å². The van der Waals surface area contributed by atoms with E-state index in [4.69, 9.17) is 5.10 Å². The number of aromatic nitrogens is 2. The van der Waals surface area contributed by atoms with Crippen LogP contribution >= 0.6 is 0 Å². The number of carbonyl (C=O) groups is 2. The summed E-state index contributed by atoms with van der Waals surface area (Å²) in [5, 5.41) is 10.4. The van der Waals surface area contributed by atoms with Crippen LogP contribution < -0.4 is 10.6 Å². The van der Waals surface area contributed by atoms with Gasteiger partial charge in [-0.1, -0.05) is 68.8 Å². The summed E-state index contributed by atoms with van der Waals surface area (Å²) in [6.07, 6.45) is 0.981. The van der Waals surface area contributed by atoms with Gasteiger partial charge in [0, 0.05) is 17.9 Å². The lowest BCUT2D eigenvalue weighted by atomic mass is 9.92. The van der Waals surface area contributed by atoms with E-state index in [9.17, 15) is 9.59 Å². The zero-order valence-electron chi connectivity index (χ0n) is 19.5. The van der Waals surface area contributed by atoms with E-state index in [0.717, 1.165) is 22.5 Å². The van der Waals surface area contributed by atoms with Crippen LogP contribution in [0.25, 0.3) is 5.69 Å². The van der Waals surface area contributed by atoms with Gasteiger partial charge in [-0.15, -0.1) is 0 Å². The second-order valence-corrected chi connectivity index (χ2v) is 9.18. The molecule has 0 bridgehead atoms. The number of hydrogen-bond acceptors (Lipinski definition) is 3. The highest BCUT2D eigenvalue weighted by atomic mass is 16.2. The Kier molecular flexibility index (Phi) is 7.13. The molecule has 1 heterocycles. The number of nitrogens with one attached hydrogen (secondary N) is 2. The van der Waals surface area contributed by atoms with Gasteiger partial charge in [0.15, 0.2) is 0 Å². The average molecular weight is 433 g/mol. The van der Waals surface area contributed by atoms with E-state index in [1.165, 1.54) is 5.56 Å². The van der Waals surface area contributed by atoms with Crippen LogP contribution in [0.1, 0.15) is 49.6 Å². The van der Waals surface area contributed by atoms with Crippen molar-refractivity contribution in [1.82, 2.24) is 15.1 Å². The normalized spacial score (nSPS) is 11.3. The topological polar surface area (TPSA) is 76.0 Å². The molecule has 0 saturated heterocycles. The second-order valence-electron chi connectivity index (χ2n) is 9.18. The highest BCUT2D eigenvalue weighted by Gasteiger charge is 2.22. The Morgan fingerprint density at radius 2 is 1.69 bits per heavy atom. The summed E-state index contributed by atoms with van der Waals surface area (Å²) in [5.41, 5.74) is 4.94. The van der Waals surface area contributed by atoms with Crippen molar-refractivity contribution in [2.75, 3.05) is 11.9 Å². The quantitative estimate of drug-likeness (QED) is 0.578. The largest absolute Gasteiger partial charge is 0.347 e. The molecular weight excluding hydrogens is 400 g/mol. The Hall–Kier alpha value is -3.41. The van der Waals surface area contributed by atoms with Gasteiger partial charge in [-0.3, -0.25) is 9.59 Å². The average Bonchev–Trinajstić information content (AvgIpc) is 3.15. The fraction of sp³-hybridized carbons (Fsp3) is 0.346. The standard InChI is InChI=1S/C26H32N4O2/c1-18-11-13-21(19(2)15-18)30-23(16-22(29-30)26(3,4)5)28-25(32)17-27-24(31)14-12-20-9-7-6-8-10-20/h6-11,13,15-16H,12,14,17H2,1-5H3,(H,27,31)(H,28,32). The van der Waals surface area contributed by atoms with Crippen molar-refractivity contribution in [3.8, 4) is 5.69 Å². The molecule has 0 unspecified atom stereocenters. The third-order valence-corrected chi connectivity index (χ3v) is 5.26. The highest BCUT2D eigenvalue weighted by Crippen LogP contribution is 2.27. The third-order valence-electron chi connectivity index (χ3n) is 5.26. The van der Waals surface area contributed by atoms with Crippen LogP contribution in [0.2, 0.25) is 0 Å². The van der Waals surface area contributed by atoms with Gasteiger partial charge in [0.2, 0.25) is 11.8 Å². The molecule has 0 aliphatic carbocycles. The minimum atomic E-state index is -0.288. The molecule has 6 nitrogen and oxygen atoms in total. The van der Waals surface area contributed by atoms with Crippen LogP contribution in [-0.2, 0) is 21.4 Å². The third kappa shape index (κ3) is 6.06. The predicted octanol–water partition coefficient (Wildman–Crippen LogP) is 4.47. The molecule has 0 spiro atoms. The minimum absolute atomic E-state index is 0.0868. The molecule has 0 saturated carbocycles. The summed E-state index contributed by atoms with van der Waals surface area (Å²) in [6.45, 7) is 10.2. The summed E-state index contributed by atoms with van der Waals surface area (Å²) in [4.78, 5) is 24.8. The van der Waals surface area contributed by atoms with E-state index in [1.807, 2.05) is 62.4 Å². The predicted molar refractivity (Wildman–Crippen MR) is 128 cm³/mol. The fourth-order valence-electron chi connectivity index (χ4n) is 3.42. The van der Waals surface area contributed by atoms with E-state index in [0.29, 0.717) is 18.7 Å². The Balaban J connectivity index is 1.68. The highest BCUT2D eigenvalue weighted by molar-refractivity contribution is 5.94. The molecule has 2 N–H and O–H groups in total. The van der Waals surface area contributed by atoms with E-state index >= 15 is 0 Å². The monoisotopic (exact) mass is 432 g/mol. The first-order chi connectivity index (χ1) is 15.1. The number of nitrogens with zero attached hydrogens (tertiary/aromatic N) is 2. The Bertz CT molecular complexity index is 1090. The molecule has 6 heteroatoms. The zero-order chi connectivity index (χ0) is 23.3. The molecule has 0 aliphatic rings. The fourth-order valence-corrected chi connectivity index (χ4v) is 3.42. The molecule has 0 fully saturated rings. The number of rotatable bonds is 7. The van der Waals surface area contributed by atoms with Gasteiger partial charge in [0.25, 0.3) is 0 Å². The molecule has 0 atom stereocenters. The molecule has 2 aromatic carbocycles. The Morgan fingerprint density at radius 1 is 0.969 bits per heavy atom. The van der Waals surface area contributed by atoms with Gasteiger partial charge >= 0.3 is 0 Å². The van der Waals surface area contributed by atoms with E-state index in [-0.39, 0.29) is 23.8 Å². The summed E-state index contributed by atoms with van der Waals surface area (Å²) < 4.78 is 1.77. The molecule has 32 heavy (non-hydrogen) atoms. The van der Waals surface area contributed by atoms with Crippen molar-refractivity contribution < 1.29 is 9.59 Å². The second kappa shape index (κ2) is 9.81. The number of carbonyl (C=O) groups excluding carboxylic acids is 2. The van der Waals surface area contributed by atoms with Crippen LogP contribution in [0.3, 0.4) is 0 Å². The number of benzene rings is 2. The maximum atomic E-state index is 12.6. The van der Waals surface area contributed by atoms with Crippen molar-refractivity contribution >= 4 is 17.6 Å². The summed E-state index contributed by atoms with van der Waals surface area (Å²) in [5.74, 6) is 0.150. The lowest BCUT2D eigenvalue weighted by Gasteiger charge is -2.14. The SMILES string of the molecule is Cc1ccc(-n2nc(C(C)(C)C)cc2NC(=O)CNC(=O)CCc2ccccc2)c(C)c1. The first kappa shape index (κ1) is 23.3. The first-order valence-electron chi connectivity index (χ1n) is 10.9. The van der Waals surface area contributed by atoms with Gasteiger partial charge in [0.1, 0.15) is 5.82 Å². The van der Waals surface area contributed by atoms with Crippen LogP contribution in [0.5, 0.6) is 0 Å². The van der Waals surface area contributed by atoms with Gasteiger partial charge < -0.3 is 10.6 Å². The van der Waals surface area contributed by atoms with E-state index in [2.05, 4.69) is 37.5 Å². The lowest BCUT2D eigenvalue weighted by molar-refractivity contribution is -0.124. The number of aryl methyl sites for hydroxylation is 3. The number of anilines is 1. The molecule has 3 aromatic rings. The maximum Gasteiger partial charge on any atom is 0.244 e. The van der Waals surface area contributed by atoms with Crippen LogP contribution in [0.4, 0.5) is 5.82 Å². The van der Waals surface area contributed by atoms with Crippen LogP contribution in [0.15, 0.2) is 54.6 Å². The number of amides is 2. The van der Waals surface area contributed by atoms with Crippen molar-refractivity contribution in [3.05, 3.63) is 77.0 Å². The van der Waals surface area contributed by atoms with Gasteiger partial charge in [-0.2, -0.15) is 5.10 Å². The molecule has 2 amide bonds. The Morgan fingerprint density at radius 3 is 2.34 bits per heavy atom. The summed E-state index contributed by atoms with van der Waals surface area (Å²) in [6, 6.07) is 17.8. The van der Waals surface area contributed by atoms with Crippen molar-refractivity contribution in [2.45, 2.75) is 52.9 Å². The molecule has 168 valence electrons. The van der Waals surface area contributed by atoms with Gasteiger partial charge in [-0.25, -0.2) is 4.68 Å². The van der Waals surface area contributed by atoms with Gasteiger partial charge in [-0.05, 0) is 37.5 Å².